The Bertz CT molecular complexity index is 735. The molecule has 2 aliphatic rings. The fourth-order valence-corrected chi connectivity index (χ4v) is 4.95. The van der Waals surface area contributed by atoms with E-state index >= 15 is 0 Å². The Balaban J connectivity index is 1.45. The van der Waals surface area contributed by atoms with Crippen molar-refractivity contribution in [2.75, 3.05) is 13.1 Å². The zero-order valence-electron chi connectivity index (χ0n) is 15.6. The van der Waals surface area contributed by atoms with E-state index in [1.54, 1.807) is 6.08 Å². The minimum atomic E-state index is -3.43. The SMILES string of the molecule is O=C(NC1CCCCC1)NC1CCN(S(=O)(=O)/C=C/c2ccccc2)CC1. The summed E-state index contributed by atoms with van der Waals surface area (Å²) in [6, 6.07) is 9.57. The number of carbonyl (C=O) groups excluding carboxylic acids is 1. The summed E-state index contributed by atoms with van der Waals surface area (Å²) >= 11 is 0. The summed E-state index contributed by atoms with van der Waals surface area (Å²) in [4.78, 5) is 12.2. The number of urea groups is 1. The Labute approximate surface area is 162 Å². The summed E-state index contributed by atoms with van der Waals surface area (Å²) in [6.07, 6.45) is 8.61. The second-order valence-corrected chi connectivity index (χ2v) is 9.20. The number of nitrogens with one attached hydrogen (secondary N) is 2. The average molecular weight is 392 g/mol. The van der Waals surface area contributed by atoms with Crippen molar-refractivity contribution in [3.05, 3.63) is 41.3 Å². The van der Waals surface area contributed by atoms with Gasteiger partial charge in [-0.05, 0) is 37.3 Å². The molecule has 0 atom stereocenters. The lowest BCUT2D eigenvalue weighted by Crippen LogP contribution is -2.50. The molecule has 1 aromatic rings. The molecule has 1 aliphatic heterocycles. The van der Waals surface area contributed by atoms with E-state index in [0.29, 0.717) is 25.9 Å². The van der Waals surface area contributed by atoms with Crippen LogP contribution < -0.4 is 10.6 Å². The van der Waals surface area contributed by atoms with Gasteiger partial charge in [-0.3, -0.25) is 0 Å². The monoisotopic (exact) mass is 391 g/mol. The Hall–Kier alpha value is -1.86. The van der Waals surface area contributed by atoms with E-state index in [-0.39, 0.29) is 18.1 Å². The molecule has 0 radical (unpaired) electrons. The van der Waals surface area contributed by atoms with Crippen LogP contribution in [0.3, 0.4) is 0 Å². The third kappa shape index (κ3) is 6.07. The van der Waals surface area contributed by atoms with Gasteiger partial charge in [0.1, 0.15) is 0 Å². The molecular formula is C20H29N3O3S. The second kappa shape index (κ2) is 9.37. The maximum absolute atomic E-state index is 12.5. The third-order valence-corrected chi connectivity index (χ3v) is 6.89. The molecule has 27 heavy (non-hydrogen) atoms. The van der Waals surface area contributed by atoms with Gasteiger partial charge in [0.15, 0.2) is 0 Å². The van der Waals surface area contributed by atoms with E-state index in [2.05, 4.69) is 10.6 Å². The molecule has 0 aromatic heterocycles. The summed E-state index contributed by atoms with van der Waals surface area (Å²) in [6.45, 7) is 0.853. The highest BCUT2D eigenvalue weighted by molar-refractivity contribution is 7.92. The highest BCUT2D eigenvalue weighted by Crippen LogP contribution is 2.18. The van der Waals surface area contributed by atoms with Gasteiger partial charge in [0.2, 0.25) is 10.0 Å². The fraction of sp³-hybridized carbons (Fsp3) is 0.550. The first kappa shape index (κ1) is 19.9. The van der Waals surface area contributed by atoms with Crippen molar-refractivity contribution in [3.63, 3.8) is 0 Å². The van der Waals surface area contributed by atoms with Crippen molar-refractivity contribution in [2.45, 2.75) is 57.0 Å². The van der Waals surface area contributed by atoms with Crippen molar-refractivity contribution in [2.24, 2.45) is 0 Å². The van der Waals surface area contributed by atoms with Crippen LogP contribution in [0.1, 0.15) is 50.5 Å². The van der Waals surface area contributed by atoms with Crippen LogP contribution in [-0.2, 0) is 10.0 Å². The number of nitrogens with zero attached hydrogens (tertiary/aromatic N) is 1. The predicted octanol–water partition coefficient (Wildman–Crippen LogP) is 3.08. The summed E-state index contributed by atoms with van der Waals surface area (Å²) in [7, 11) is -3.43. The first-order valence-electron chi connectivity index (χ1n) is 9.83. The first-order valence-corrected chi connectivity index (χ1v) is 11.3. The number of sulfonamides is 1. The summed E-state index contributed by atoms with van der Waals surface area (Å²) < 4.78 is 26.5. The lowest BCUT2D eigenvalue weighted by molar-refractivity contribution is 0.220. The van der Waals surface area contributed by atoms with Crippen LogP contribution >= 0.6 is 0 Å². The summed E-state index contributed by atoms with van der Waals surface area (Å²) in [5.41, 5.74) is 0.858. The van der Waals surface area contributed by atoms with Gasteiger partial charge in [-0.1, -0.05) is 49.6 Å². The van der Waals surface area contributed by atoms with Gasteiger partial charge < -0.3 is 10.6 Å². The van der Waals surface area contributed by atoms with Crippen molar-refractivity contribution in [1.29, 1.82) is 0 Å². The topological polar surface area (TPSA) is 78.5 Å². The average Bonchev–Trinajstić information content (AvgIpc) is 2.68. The molecule has 1 heterocycles. The molecule has 6 nitrogen and oxygen atoms in total. The van der Waals surface area contributed by atoms with E-state index in [4.69, 9.17) is 0 Å². The zero-order valence-corrected chi connectivity index (χ0v) is 16.5. The van der Waals surface area contributed by atoms with Crippen molar-refractivity contribution >= 4 is 22.1 Å². The fourth-order valence-electron chi connectivity index (χ4n) is 3.73. The normalized spacial score (nSPS) is 20.6. The molecule has 7 heteroatoms. The highest BCUT2D eigenvalue weighted by atomic mass is 32.2. The number of hydrogen-bond acceptors (Lipinski definition) is 3. The Morgan fingerprint density at radius 3 is 2.15 bits per heavy atom. The van der Waals surface area contributed by atoms with Crippen LogP contribution in [0.15, 0.2) is 35.7 Å². The molecule has 2 fully saturated rings. The minimum absolute atomic E-state index is 0.0261. The van der Waals surface area contributed by atoms with Crippen molar-refractivity contribution in [3.8, 4) is 0 Å². The van der Waals surface area contributed by atoms with E-state index in [0.717, 1.165) is 18.4 Å². The van der Waals surface area contributed by atoms with E-state index in [1.807, 2.05) is 30.3 Å². The van der Waals surface area contributed by atoms with Gasteiger partial charge in [0.25, 0.3) is 0 Å². The first-order chi connectivity index (χ1) is 13.0. The largest absolute Gasteiger partial charge is 0.335 e. The van der Waals surface area contributed by atoms with Crippen LogP contribution in [0.2, 0.25) is 0 Å². The van der Waals surface area contributed by atoms with Gasteiger partial charge in [-0.15, -0.1) is 0 Å². The maximum atomic E-state index is 12.5. The molecule has 0 unspecified atom stereocenters. The van der Waals surface area contributed by atoms with Crippen LogP contribution in [0, 0.1) is 0 Å². The minimum Gasteiger partial charge on any atom is -0.335 e. The molecule has 148 valence electrons. The van der Waals surface area contributed by atoms with Gasteiger partial charge in [0, 0.05) is 30.6 Å². The molecule has 1 aliphatic carbocycles. The van der Waals surface area contributed by atoms with Crippen molar-refractivity contribution < 1.29 is 13.2 Å². The zero-order chi connectivity index (χ0) is 19.1. The highest BCUT2D eigenvalue weighted by Gasteiger charge is 2.27. The molecule has 0 bridgehead atoms. The summed E-state index contributed by atoms with van der Waals surface area (Å²) in [5.74, 6) is 0. The van der Waals surface area contributed by atoms with Gasteiger partial charge in [0.05, 0.1) is 0 Å². The van der Waals surface area contributed by atoms with Crippen LogP contribution in [0.4, 0.5) is 4.79 Å². The lowest BCUT2D eigenvalue weighted by atomic mass is 9.96. The molecular weight excluding hydrogens is 362 g/mol. The Morgan fingerprint density at radius 2 is 1.52 bits per heavy atom. The van der Waals surface area contributed by atoms with Gasteiger partial charge in [-0.2, -0.15) is 4.31 Å². The van der Waals surface area contributed by atoms with Crippen LogP contribution in [0.5, 0.6) is 0 Å². The standard InChI is InChI=1S/C20H29N3O3S/c24-20(21-18-9-5-2-6-10-18)22-19-11-14-23(15-12-19)27(25,26)16-13-17-7-3-1-4-8-17/h1,3-4,7-8,13,16,18-19H,2,5-6,9-12,14-15H2,(H2,21,22,24)/b16-13+. The molecule has 1 aromatic carbocycles. The van der Waals surface area contributed by atoms with Gasteiger partial charge >= 0.3 is 6.03 Å². The van der Waals surface area contributed by atoms with Gasteiger partial charge in [-0.25, -0.2) is 13.2 Å². The number of rotatable bonds is 5. The van der Waals surface area contributed by atoms with Crippen LogP contribution in [-0.4, -0.2) is 43.9 Å². The predicted molar refractivity (Wildman–Crippen MR) is 108 cm³/mol. The third-order valence-electron chi connectivity index (χ3n) is 5.32. The van der Waals surface area contributed by atoms with E-state index < -0.39 is 10.0 Å². The molecule has 1 saturated heterocycles. The molecule has 0 spiro atoms. The lowest BCUT2D eigenvalue weighted by Gasteiger charge is -2.31. The van der Waals surface area contributed by atoms with E-state index in [9.17, 15) is 13.2 Å². The molecule has 3 rings (SSSR count). The number of piperidine rings is 1. The smallest absolute Gasteiger partial charge is 0.315 e. The molecule has 2 N–H and O–H groups in total. The van der Waals surface area contributed by atoms with Crippen LogP contribution in [0.25, 0.3) is 6.08 Å². The Morgan fingerprint density at radius 1 is 0.926 bits per heavy atom. The maximum Gasteiger partial charge on any atom is 0.315 e. The summed E-state index contributed by atoms with van der Waals surface area (Å²) in [5, 5.41) is 7.33. The number of carbonyl (C=O) groups is 1. The second-order valence-electron chi connectivity index (χ2n) is 7.38. The number of benzene rings is 1. The Kier molecular flexibility index (Phi) is 6.90. The quantitative estimate of drug-likeness (QED) is 0.810. The van der Waals surface area contributed by atoms with E-state index in [1.165, 1.54) is 29.0 Å². The number of amides is 2. The number of hydrogen-bond donors (Lipinski definition) is 2. The molecule has 1 saturated carbocycles. The molecule has 2 amide bonds. The van der Waals surface area contributed by atoms with Crippen molar-refractivity contribution in [1.82, 2.24) is 14.9 Å².